The quantitative estimate of drug-likeness (QED) is 0.372. The fourth-order valence-electron chi connectivity index (χ4n) is 2.14. The van der Waals surface area contributed by atoms with Crippen LogP contribution >= 0.6 is 23.2 Å². The Morgan fingerprint density at radius 2 is 1.91 bits per heavy atom. The van der Waals surface area contributed by atoms with Crippen LogP contribution in [0, 0.1) is 10.1 Å². The van der Waals surface area contributed by atoms with Gasteiger partial charge in [0.25, 0.3) is 5.69 Å². The summed E-state index contributed by atoms with van der Waals surface area (Å²) in [5.41, 5.74) is 6.80. The van der Waals surface area contributed by atoms with Gasteiger partial charge in [-0.3, -0.25) is 19.8 Å². The van der Waals surface area contributed by atoms with Gasteiger partial charge >= 0.3 is 5.97 Å². The van der Waals surface area contributed by atoms with E-state index >= 15 is 0 Å². The van der Waals surface area contributed by atoms with Crippen LogP contribution in [0.2, 0.25) is 0 Å². The maximum Gasteiger partial charge on any atom is 0.320 e. The number of nitrogens with zero attached hydrogens (tertiary/aromatic N) is 2. The second-order valence-corrected chi connectivity index (χ2v) is 5.77. The molecule has 0 radical (unpaired) electrons. The van der Waals surface area contributed by atoms with Gasteiger partial charge in [-0.2, -0.15) is 0 Å². The number of rotatable bonds is 10. The van der Waals surface area contributed by atoms with Crippen LogP contribution in [0.15, 0.2) is 18.2 Å². The van der Waals surface area contributed by atoms with E-state index in [1.165, 1.54) is 12.1 Å². The topological polar surface area (TPSA) is 110 Å². The Kier molecular flexibility index (Phi) is 8.25. The van der Waals surface area contributed by atoms with E-state index in [9.17, 15) is 14.9 Å². The second-order valence-electron chi connectivity index (χ2n) is 5.01. The molecular formula is C14H19Cl2N3O4. The summed E-state index contributed by atoms with van der Waals surface area (Å²) in [5, 5.41) is 19.9. The van der Waals surface area contributed by atoms with Crippen LogP contribution in [0.4, 0.5) is 5.69 Å². The molecule has 9 heteroatoms. The fourth-order valence-corrected chi connectivity index (χ4v) is 2.62. The molecule has 1 rings (SSSR count). The minimum Gasteiger partial charge on any atom is -0.480 e. The molecule has 0 fully saturated rings. The molecule has 0 aliphatic rings. The summed E-state index contributed by atoms with van der Waals surface area (Å²) in [4.78, 5) is 23.4. The van der Waals surface area contributed by atoms with Crippen molar-refractivity contribution in [3.63, 3.8) is 0 Å². The Morgan fingerprint density at radius 1 is 1.30 bits per heavy atom. The van der Waals surface area contributed by atoms with Gasteiger partial charge in [0.15, 0.2) is 0 Å². The molecule has 0 amide bonds. The molecule has 3 N–H and O–H groups in total. The van der Waals surface area contributed by atoms with Crippen molar-refractivity contribution in [2.24, 2.45) is 5.73 Å². The number of hydrogen-bond acceptors (Lipinski definition) is 5. The summed E-state index contributed by atoms with van der Waals surface area (Å²) in [6.07, 6.45) is 0.0158. The molecule has 23 heavy (non-hydrogen) atoms. The van der Waals surface area contributed by atoms with Gasteiger partial charge in [0.05, 0.1) is 4.92 Å². The van der Waals surface area contributed by atoms with Gasteiger partial charge < -0.3 is 10.8 Å². The molecule has 0 aliphatic carbocycles. The van der Waals surface area contributed by atoms with Crippen molar-refractivity contribution in [1.82, 2.24) is 4.90 Å². The number of non-ortho nitro benzene ring substituents is 1. The lowest BCUT2D eigenvalue weighted by Crippen LogP contribution is -2.33. The molecule has 0 saturated heterocycles. The summed E-state index contributed by atoms with van der Waals surface area (Å²) < 4.78 is 0. The van der Waals surface area contributed by atoms with E-state index in [0.29, 0.717) is 37.0 Å². The van der Waals surface area contributed by atoms with Crippen LogP contribution in [0.5, 0.6) is 0 Å². The highest BCUT2D eigenvalue weighted by atomic mass is 35.5. The van der Waals surface area contributed by atoms with Crippen LogP contribution < -0.4 is 5.73 Å². The maximum atomic E-state index is 11.0. The largest absolute Gasteiger partial charge is 0.480 e. The maximum absolute atomic E-state index is 11.0. The van der Waals surface area contributed by atoms with Crippen molar-refractivity contribution >= 4 is 34.9 Å². The zero-order chi connectivity index (χ0) is 17.4. The number of carboxylic acids is 1. The number of nitro groups is 1. The van der Waals surface area contributed by atoms with Gasteiger partial charge in [0.1, 0.15) is 6.04 Å². The van der Waals surface area contributed by atoms with Crippen molar-refractivity contribution in [2.75, 3.05) is 24.8 Å². The van der Waals surface area contributed by atoms with Gasteiger partial charge in [-0.1, -0.05) is 6.07 Å². The van der Waals surface area contributed by atoms with Gasteiger partial charge in [0, 0.05) is 43.5 Å². The van der Waals surface area contributed by atoms with E-state index in [0.717, 1.165) is 5.56 Å². The van der Waals surface area contributed by atoms with Crippen molar-refractivity contribution in [3.8, 4) is 0 Å². The van der Waals surface area contributed by atoms with E-state index in [2.05, 4.69) is 0 Å². The Bertz CT molecular complexity index is 551. The SMILES string of the molecule is N[C@@H](Cc1cc([N+](=O)[O-])ccc1CN(CCCl)CCCl)C(=O)O. The molecule has 0 saturated carbocycles. The van der Waals surface area contributed by atoms with Crippen LogP contribution in [0.25, 0.3) is 0 Å². The molecule has 1 atom stereocenters. The molecule has 7 nitrogen and oxygen atoms in total. The lowest BCUT2D eigenvalue weighted by atomic mass is 9.99. The Balaban J connectivity index is 3.07. The minimum absolute atomic E-state index is 0.0158. The highest BCUT2D eigenvalue weighted by Gasteiger charge is 2.18. The minimum atomic E-state index is -1.15. The average Bonchev–Trinajstić information content (AvgIpc) is 2.49. The highest BCUT2D eigenvalue weighted by molar-refractivity contribution is 6.18. The predicted octanol–water partition coefficient (Wildman–Crippen LogP) is 1.83. The van der Waals surface area contributed by atoms with Crippen LogP contribution in [0.1, 0.15) is 11.1 Å². The van der Waals surface area contributed by atoms with E-state index < -0.39 is 16.9 Å². The monoisotopic (exact) mass is 363 g/mol. The molecule has 1 aromatic carbocycles. The fraction of sp³-hybridized carbons (Fsp3) is 0.500. The Morgan fingerprint density at radius 3 is 2.39 bits per heavy atom. The van der Waals surface area contributed by atoms with E-state index in [-0.39, 0.29) is 12.1 Å². The van der Waals surface area contributed by atoms with Crippen LogP contribution in [0.3, 0.4) is 0 Å². The summed E-state index contributed by atoms with van der Waals surface area (Å²) in [6.45, 7) is 1.69. The number of carboxylic acid groups (broad SMARTS) is 1. The smallest absolute Gasteiger partial charge is 0.320 e. The van der Waals surface area contributed by atoms with Crippen LogP contribution in [-0.4, -0.2) is 51.8 Å². The molecular weight excluding hydrogens is 345 g/mol. The van der Waals surface area contributed by atoms with Gasteiger partial charge in [-0.15, -0.1) is 23.2 Å². The average molecular weight is 364 g/mol. The first kappa shape index (κ1) is 19.6. The van der Waals surface area contributed by atoms with Crippen molar-refractivity contribution in [2.45, 2.75) is 19.0 Å². The predicted molar refractivity (Wildman–Crippen MR) is 89.1 cm³/mol. The number of nitro benzene ring substituents is 1. The zero-order valence-corrected chi connectivity index (χ0v) is 14.0. The lowest BCUT2D eigenvalue weighted by molar-refractivity contribution is -0.384. The third-order valence-corrected chi connectivity index (χ3v) is 3.69. The molecule has 0 bridgehead atoms. The normalized spacial score (nSPS) is 12.3. The first-order valence-electron chi connectivity index (χ1n) is 6.98. The van der Waals surface area contributed by atoms with Gasteiger partial charge in [-0.05, 0) is 17.5 Å². The number of alkyl halides is 2. The van der Waals surface area contributed by atoms with E-state index in [1.54, 1.807) is 6.07 Å². The highest BCUT2D eigenvalue weighted by Crippen LogP contribution is 2.21. The number of benzene rings is 1. The van der Waals surface area contributed by atoms with Gasteiger partial charge in [-0.25, -0.2) is 0 Å². The second kappa shape index (κ2) is 9.67. The van der Waals surface area contributed by atoms with E-state index in [4.69, 9.17) is 34.0 Å². The summed E-state index contributed by atoms with van der Waals surface area (Å²) >= 11 is 11.5. The number of halogens is 2. The molecule has 0 unspecified atom stereocenters. The van der Waals surface area contributed by atoms with Crippen LogP contribution in [-0.2, 0) is 17.8 Å². The van der Waals surface area contributed by atoms with Crippen molar-refractivity contribution in [1.29, 1.82) is 0 Å². The standard InChI is InChI=1S/C14H19Cl2N3O4/c15-3-5-18(6-4-16)9-10-1-2-12(19(22)23)7-11(10)8-13(17)14(20)21/h1-2,7,13H,3-6,8-9,17H2,(H,20,21)/t13-/m0/s1. The molecule has 0 aliphatic heterocycles. The molecule has 128 valence electrons. The Hall–Kier alpha value is -1.41. The first-order chi connectivity index (χ1) is 10.9. The Labute approximate surface area is 144 Å². The third-order valence-electron chi connectivity index (χ3n) is 3.35. The third kappa shape index (κ3) is 6.31. The van der Waals surface area contributed by atoms with E-state index in [1.807, 2.05) is 4.90 Å². The summed E-state index contributed by atoms with van der Waals surface area (Å²) in [5.74, 6) is -0.303. The van der Waals surface area contributed by atoms with Crippen molar-refractivity contribution in [3.05, 3.63) is 39.4 Å². The van der Waals surface area contributed by atoms with Gasteiger partial charge in [0.2, 0.25) is 0 Å². The van der Waals surface area contributed by atoms with Crippen molar-refractivity contribution < 1.29 is 14.8 Å². The summed E-state index contributed by atoms with van der Waals surface area (Å²) in [6, 6.07) is 3.27. The molecule has 0 spiro atoms. The molecule has 0 heterocycles. The first-order valence-corrected chi connectivity index (χ1v) is 8.04. The summed E-state index contributed by atoms with van der Waals surface area (Å²) in [7, 11) is 0. The number of nitrogens with two attached hydrogens (primary N) is 1. The number of carbonyl (C=O) groups is 1. The number of hydrogen-bond donors (Lipinski definition) is 2. The molecule has 1 aromatic rings. The lowest BCUT2D eigenvalue weighted by Gasteiger charge is -2.22. The zero-order valence-electron chi connectivity index (χ0n) is 12.5. The molecule has 0 aromatic heterocycles. The number of aliphatic carboxylic acids is 1.